The molecule has 0 atom stereocenters. The zero-order chi connectivity index (χ0) is 30.6. The van der Waals surface area contributed by atoms with Gasteiger partial charge in [0, 0.05) is 27.2 Å². The summed E-state index contributed by atoms with van der Waals surface area (Å²) in [6, 6.07) is 48.5. The zero-order valence-electron chi connectivity index (χ0n) is 25.0. The van der Waals surface area contributed by atoms with Crippen LogP contribution in [0, 0.1) is 0 Å². The van der Waals surface area contributed by atoms with Crippen molar-refractivity contribution in [1.29, 1.82) is 0 Å². The Hall–Kier alpha value is -6.34. The average Bonchev–Trinajstić information content (AvgIpc) is 3.65. The molecule has 47 heavy (non-hydrogen) atoms. The van der Waals surface area contributed by atoms with E-state index in [9.17, 15) is 0 Å². The zero-order valence-corrected chi connectivity index (χ0v) is 25.0. The minimum Gasteiger partial charge on any atom is -0.440 e. The number of aromatic nitrogens is 4. The third kappa shape index (κ3) is 3.30. The third-order valence-corrected chi connectivity index (χ3v) is 9.71. The van der Waals surface area contributed by atoms with Crippen LogP contribution in [-0.4, -0.2) is 25.8 Å². The van der Waals surface area contributed by atoms with E-state index in [4.69, 9.17) is 19.4 Å². The molecule has 7 heteroatoms. The highest BCUT2D eigenvalue weighted by atomic mass is 16.5. The molecular formula is C40H23BN4O2. The first-order valence-corrected chi connectivity index (χ1v) is 15.8. The second kappa shape index (κ2) is 9.11. The van der Waals surface area contributed by atoms with Crippen LogP contribution in [0.4, 0.5) is 0 Å². The molecule has 9 aromatic rings. The summed E-state index contributed by atoms with van der Waals surface area (Å²) in [6.07, 6.45) is 0. The minimum absolute atomic E-state index is 0.0885. The van der Waals surface area contributed by atoms with Gasteiger partial charge in [-0.2, -0.15) is 9.97 Å². The molecule has 2 aliphatic rings. The van der Waals surface area contributed by atoms with Gasteiger partial charge in [0.1, 0.15) is 11.5 Å². The standard InChI is InChI=1S/C40H23BN4O2/c1-2-12-24(13-3-1)44-31-18-8-4-14-25(31)27-22-23-28-26-15-5-9-19-32(26)45(37(28)36(27)44)40-42-38-35-39(43-40)47-34-21-11-7-17-30(34)41(35)29-16-6-10-20-33(29)46-38/h1-23H. The van der Waals surface area contributed by atoms with Crippen molar-refractivity contribution in [2.75, 3.05) is 0 Å². The molecule has 0 N–H and O–H groups in total. The second-order valence-electron chi connectivity index (χ2n) is 12.2. The lowest BCUT2D eigenvalue weighted by molar-refractivity contribution is 0.437. The van der Waals surface area contributed by atoms with E-state index in [1.807, 2.05) is 24.3 Å². The second-order valence-corrected chi connectivity index (χ2v) is 12.2. The van der Waals surface area contributed by atoms with Crippen molar-refractivity contribution >= 4 is 66.7 Å². The first kappa shape index (κ1) is 24.9. The van der Waals surface area contributed by atoms with Gasteiger partial charge in [-0.3, -0.25) is 4.57 Å². The molecular weight excluding hydrogens is 579 g/mol. The van der Waals surface area contributed by atoms with Crippen LogP contribution in [0.5, 0.6) is 23.3 Å². The molecule has 6 aromatic carbocycles. The lowest BCUT2D eigenvalue weighted by Gasteiger charge is -2.31. The largest absolute Gasteiger partial charge is 0.440 e. The molecule has 0 unspecified atom stereocenters. The van der Waals surface area contributed by atoms with Crippen molar-refractivity contribution in [3.05, 3.63) is 140 Å². The highest BCUT2D eigenvalue weighted by Gasteiger charge is 2.42. The van der Waals surface area contributed by atoms with Crippen LogP contribution in [0.1, 0.15) is 0 Å². The topological polar surface area (TPSA) is 54.1 Å². The Bertz CT molecular complexity index is 2700. The normalized spacial score (nSPS) is 13.0. The molecule has 0 saturated heterocycles. The first-order valence-electron chi connectivity index (χ1n) is 15.8. The number of hydrogen-bond donors (Lipinski definition) is 0. The van der Waals surface area contributed by atoms with Gasteiger partial charge < -0.3 is 14.0 Å². The molecule has 0 bridgehead atoms. The van der Waals surface area contributed by atoms with Gasteiger partial charge in [0.15, 0.2) is 0 Å². The van der Waals surface area contributed by atoms with Gasteiger partial charge in [-0.15, -0.1) is 0 Å². The SMILES string of the molecule is c1ccc(-n2c3ccccc3c3ccc4c5ccccc5n(-c5nc6c7c(n5)Oc5ccccc5B7c5ccccc5O6)c4c32)cc1. The fraction of sp³-hybridized carbons (Fsp3) is 0. The molecule has 0 saturated carbocycles. The van der Waals surface area contributed by atoms with E-state index >= 15 is 0 Å². The van der Waals surface area contributed by atoms with Crippen LogP contribution >= 0.6 is 0 Å². The Morgan fingerprint density at radius 3 is 1.55 bits per heavy atom. The van der Waals surface area contributed by atoms with E-state index in [0.717, 1.165) is 71.8 Å². The highest BCUT2D eigenvalue weighted by Crippen LogP contribution is 2.42. The predicted octanol–water partition coefficient (Wildman–Crippen LogP) is 7.40. The van der Waals surface area contributed by atoms with Gasteiger partial charge >= 0.3 is 0 Å². The molecule has 0 spiro atoms. The Labute approximate surface area is 269 Å². The lowest BCUT2D eigenvalue weighted by atomic mass is 9.35. The lowest BCUT2D eigenvalue weighted by Crippen LogP contribution is -2.58. The van der Waals surface area contributed by atoms with E-state index in [1.54, 1.807) is 0 Å². The van der Waals surface area contributed by atoms with E-state index < -0.39 is 0 Å². The maximum atomic E-state index is 6.58. The predicted molar refractivity (Wildman–Crippen MR) is 188 cm³/mol. The Morgan fingerprint density at radius 1 is 0.447 bits per heavy atom. The van der Waals surface area contributed by atoms with Crippen molar-refractivity contribution in [3.63, 3.8) is 0 Å². The van der Waals surface area contributed by atoms with Gasteiger partial charge in [0.25, 0.3) is 6.71 Å². The third-order valence-electron chi connectivity index (χ3n) is 9.71. The number of ether oxygens (including phenoxy) is 2. The van der Waals surface area contributed by atoms with E-state index in [0.29, 0.717) is 17.7 Å². The van der Waals surface area contributed by atoms with Crippen molar-refractivity contribution in [2.45, 2.75) is 0 Å². The fourth-order valence-electron chi connectivity index (χ4n) is 7.79. The van der Waals surface area contributed by atoms with Gasteiger partial charge in [-0.1, -0.05) is 103 Å². The van der Waals surface area contributed by atoms with Crippen LogP contribution in [0.2, 0.25) is 0 Å². The molecule has 3 aromatic heterocycles. The van der Waals surface area contributed by atoms with Crippen LogP contribution in [0.15, 0.2) is 140 Å². The number of fused-ring (bicyclic) bond motifs is 11. The summed E-state index contributed by atoms with van der Waals surface area (Å²) in [5.41, 5.74) is 8.38. The van der Waals surface area contributed by atoms with Crippen LogP contribution in [-0.2, 0) is 0 Å². The summed E-state index contributed by atoms with van der Waals surface area (Å²) in [4.78, 5) is 10.4. The summed E-state index contributed by atoms with van der Waals surface area (Å²) in [6.45, 7) is -0.0885. The monoisotopic (exact) mass is 602 g/mol. The smallest absolute Gasteiger partial charge is 0.265 e. The van der Waals surface area contributed by atoms with Crippen LogP contribution in [0.3, 0.4) is 0 Å². The number of para-hydroxylation sites is 5. The molecule has 0 radical (unpaired) electrons. The number of rotatable bonds is 2. The maximum Gasteiger partial charge on any atom is 0.265 e. The molecule has 5 heterocycles. The maximum absolute atomic E-state index is 6.58. The van der Waals surface area contributed by atoms with Crippen LogP contribution in [0.25, 0.3) is 55.2 Å². The quantitative estimate of drug-likeness (QED) is 0.194. The molecule has 0 aliphatic carbocycles. The van der Waals surface area contributed by atoms with E-state index in [-0.39, 0.29) is 6.71 Å². The average molecular weight is 602 g/mol. The van der Waals surface area contributed by atoms with Gasteiger partial charge in [0.2, 0.25) is 17.7 Å². The molecule has 218 valence electrons. The molecule has 0 fully saturated rings. The van der Waals surface area contributed by atoms with Gasteiger partial charge in [-0.25, -0.2) is 0 Å². The van der Waals surface area contributed by atoms with Crippen molar-refractivity contribution in [3.8, 4) is 34.9 Å². The number of nitrogens with zero attached hydrogens (tertiary/aromatic N) is 4. The molecule has 2 aliphatic heterocycles. The summed E-state index contributed by atoms with van der Waals surface area (Å²) in [5.74, 6) is 3.13. The first-order chi connectivity index (χ1) is 23.3. The van der Waals surface area contributed by atoms with Crippen molar-refractivity contribution in [1.82, 2.24) is 19.1 Å². The number of hydrogen-bond acceptors (Lipinski definition) is 4. The molecule has 0 amide bonds. The molecule has 11 rings (SSSR count). The van der Waals surface area contributed by atoms with Crippen LogP contribution < -0.4 is 25.9 Å². The summed E-state index contributed by atoms with van der Waals surface area (Å²) in [5, 5.41) is 4.60. The van der Waals surface area contributed by atoms with Gasteiger partial charge in [0.05, 0.1) is 27.5 Å². The summed E-state index contributed by atoms with van der Waals surface area (Å²) < 4.78 is 17.7. The fourth-order valence-corrected chi connectivity index (χ4v) is 7.79. The molecule has 6 nitrogen and oxygen atoms in total. The van der Waals surface area contributed by atoms with E-state index in [2.05, 4.69) is 124 Å². The van der Waals surface area contributed by atoms with E-state index in [1.165, 1.54) is 5.39 Å². The highest BCUT2D eigenvalue weighted by molar-refractivity contribution is 6.98. The minimum atomic E-state index is -0.0885. The number of benzene rings is 6. The Morgan fingerprint density at radius 2 is 0.936 bits per heavy atom. The Kier molecular flexibility index (Phi) is 4.83. The van der Waals surface area contributed by atoms with Gasteiger partial charge in [-0.05, 0) is 47.3 Å². The van der Waals surface area contributed by atoms with Crippen molar-refractivity contribution in [2.24, 2.45) is 0 Å². The Balaban J connectivity index is 1.28. The summed E-state index contributed by atoms with van der Waals surface area (Å²) >= 11 is 0. The summed E-state index contributed by atoms with van der Waals surface area (Å²) in [7, 11) is 0. The van der Waals surface area contributed by atoms with Crippen molar-refractivity contribution < 1.29 is 9.47 Å².